The number of hydrogen-bond donors (Lipinski definition) is 1. The molecule has 0 aliphatic rings. The van der Waals surface area contributed by atoms with Crippen molar-refractivity contribution in [3.63, 3.8) is 0 Å². The first kappa shape index (κ1) is 7.94. The van der Waals surface area contributed by atoms with E-state index in [1.807, 2.05) is 6.07 Å². The number of rotatable bonds is 0. The van der Waals surface area contributed by atoms with E-state index in [1.165, 1.54) is 0 Å². The van der Waals surface area contributed by atoms with Crippen molar-refractivity contribution in [2.75, 3.05) is 0 Å². The first-order chi connectivity index (χ1) is 3.39. The van der Waals surface area contributed by atoms with Gasteiger partial charge in [0.1, 0.15) is 5.75 Å². The molecule has 0 aliphatic carbocycles. The molecule has 0 unspecified atom stereocenters. The molecule has 0 amide bonds. The van der Waals surface area contributed by atoms with Crippen LogP contribution >= 0.6 is 0 Å². The van der Waals surface area contributed by atoms with Gasteiger partial charge in [-0.25, -0.2) is 0 Å². The van der Waals surface area contributed by atoms with Gasteiger partial charge in [0.15, 0.2) is 0 Å². The van der Waals surface area contributed by atoms with Crippen molar-refractivity contribution in [1.29, 1.82) is 0 Å². The summed E-state index contributed by atoms with van der Waals surface area (Å²) in [7, 11) is 0. The van der Waals surface area contributed by atoms with E-state index in [1.54, 1.807) is 24.3 Å². The van der Waals surface area contributed by atoms with Gasteiger partial charge in [-0.1, -0.05) is 18.2 Å². The Hall–Kier alpha value is -0.0579. The molecule has 0 heterocycles. The van der Waals surface area contributed by atoms with Gasteiger partial charge in [0, 0.05) is 0 Å². The number of benzene rings is 1. The summed E-state index contributed by atoms with van der Waals surface area (Å²) in [4.78, 5) is 0. The molecule has 1 rings (SSSR count). The summed E-state index contributed by atoms with van der Waals surface area (Å²) < 4.78 is 0. The summed E-state index contributed by atoms with van der Waals surface area (Å²) in [6.45, 7) is 0. The number of hydrogen-bond acceptors (Lipinski definition) is 1. The summed E-state index contributed by atoms with van der Waals surface area (Å²) in [5, 5.41) is 8.63. The van der Waals surface area contributed by atoms with Crippen LogP contribution in [0.2, 0.25) is 0 Å². The van der Waals surface area contributed by atoms with Crippen LogP contribution in [0.25, 0.3) is 0 Å². The van der Waals surface area contributed by atoms with Crippen LogP contribution in [0.3, 0.4) is 0 Å². The zero-order valence-electron chi connectivity index (χ0n) is 3.83. The molecule has 44 valence electrons. The number of phenols is 1. The summed E-state index contributed by atoms with van der Waals surface area (Å²) in [6, 6.07) is 8.71. The molecular formula is C6H10OPb. The van der Waals surface area contributed by atoms with Crippen LogP contribution in [0.1, 0.15) is 0 Å². The van der Waals surface area contributed by atoms with E-state index >= 15 is 0 Å². The number of para-hydroxylation sites is 1. The van der Waals surface area contributed by atoms with E-state index < -0.39 is 0 Å². The van der Waals surface area contributed by atoms with Gasteiger partial charge in [0.05, 0.1) is 0 Å². The normalized spacial score (nSPS) is 7.50. The van der Waals surface area contributed by atoms with Crippen LogP contribution in [0.4, 0.5) is 0 Å². The average Bonchev–Trinajstić information content (AvgIpc) is 1.69. The van der Waals surface area contributed by atoms with Crippen LogP contribution in [0.5, 0.6) is 5.75 Å². The molecule has 1 aromatic rings. The van der Waals surface area contributed by atoms with Gasteiger partial charge in [-0.15, -0.1) is 0 Å². The van der Waals surface area contributed by atoms with Crippen LogP contribution in [0, 0.1) is 0 Å². The Balaban J connectivity index is 0.000000490. The van der Waals surface area contributed by atoms with E-state index in [9.17, 15) is 0 Å². The fourth-order valence-electron chi connectivity index (χ4n) is 0.428. The first-order valence-electron chi connectivity index (χ1n) is 2.13. The van der Waals surface area contributed by atoms with Crippen molar-refractivity contribution in [2.24, 2.45) is 0 Å². The molecule has 0 saturated heterocycles. The molecule has 0 spiro atoms. The molecule has 0 bridgehead atoms. The minimum absolute atomic E-state index is 0. The van der Waals surface area contributed by atoms with E-state index in [2.05, 4.69) is 0 Å². The second-order valence-corrected chi connectivity index (χ2v) is 1.34. The number of phenolic OH excluding ortho intramolecular Hbond substituents is 1. The van der Waals surface area contributed by atoms with Crippen molar-refractivity contribution in [2.45, 2.75) is 0 Å². The SMILES string of the molecule is Oc1ccccc1.[PbH4]. The minimum atomic E-state index is 0. The van der Waals surface area contributed by atoms with Gasteiger partial charge in [-0.3, -0.25) is 0 Å². The molecule has 0 atom stereocenters. The van der Waals surface area contributed by atoms with Gasteiger partial charge >= 0.3 is 27.3 Å². The van der Waals surface area contributed by atoms with E-state index in [0.717, 1.165) is 0 Å². The second-order valence-electron chi connectivity index (χ2n) is 1.34. The fraction of sp³-hybridized carbons (Fsp3) is 0. The second kappa shape index (κ2) is 3.89. The topological polar surface area (TPSA) is 20.2 Å². The zero-order chi connectivity index (χ0) is 5.11. The Morgan fingerprint density at radius 1 is 1.00 bits per heavy atom. The van der Waals surface area contributed by atoms with E-state index in [0.29, 0.717) is 5.75 Å². The van der Waals surface area contributed by atoms with Crippen molar-refractivity contribution >= 4 is 27.3 Å². The molecule has 0 aromatic heterocycles. The number of aromatic hydroxyl groups is 1. The molecule has 0 saturated carbocycles. The third-order valence-corrected chi connectivity index (χ3v) is 0.756. The van der Waals surface area contributed by atoms with Gasteiger partial charge in [0.2, 0.25) is 0 Å². The molecule has 0 fully saturated rings. The Labute approximate surface area is 68.5 Å². The van der Waals surface area contributed by atoms with Crippen LogP contribution in [-0.4, -0.2) is 32.4 Å². The van der Waals surface area contributed by atoms with Gasteiger partial charge < -0.3 is 5.11 Å². The molecule has 1 aromatic carbocycles. The van der Waals surface area contributed by atoms with E-state index in [4.69, 9.17) is 5.11 Å². The molecule has 2 heteroatoms. The standard InChI is InChI=1S/C6H6O.Pb.4H/c7-6-4-2-1-3-5-6;;;;;/h1-5,7H;;;;;. The third kappa shape index (κ3) is 2.30. The maximum atomic E-state index is 8.63. The van der Waals surface area contributed by atoms with Crippen LogP contribution in [-0.2, 0) is 0 Å². The summed E-state index contributed by atoms with van der Waals surface area (Å²) in [5.74, 6) is 0.322. The first-order valence-corrected chi connectivity index (χ1v) is 2.13. The van der Waals surface area contributed by atoms with Crippen molar-refractivity contribution < 1.29 is 5.11 Å². The van der Waals surface area contributed by atoms with Crippen molar-refractivity contribution in [3.05, 3.63) is 30.3 Å². The third-order valence-electron chi connectivity index (χ3n) is 0.756. The average molecular weight is 305 g/mol. The molecular weight excluding hydrogens is 295 g/mol. The molecule has 1 nitrogen and oxygen atoms in total. The summed E-state index contributed by atoms with van der Waals surface area (Å²) in [6.07, 6.45) is 0. The van der Waals surface area contributed by atoms with Crippen LogP contribution in [0.15, 0.2) is 30.3 Å². The quantitative estimate of drug-likeness (QED) is 0.666. The fourth-order valence-corrected chi connectivity index (χ4v) is 0.428. The predicted molar refractivity (Wildman–Crippen MR) is 39.4 cm³/mol. The monoisotopic (exact) mass is 306 g/mol. The van der Waals surface area contributed by atoms with Crippen molar-refractivity contribution in [3.8, 4) is 5.75 Å². The zero-order valence-corrected chi connectivity index (χ0v) is 3.83. The van der Waals surface area contributed by atoms with E-state index in [-0.39, 0.29) is 27.3 Å². The van der Waals surface area contributed by atoms with Crippen LogP contribution < -0.4 is 0 Å². The molecule has 0 aliphatic heterocycles. The van der Waals surface area contributed by atoms with Gasteiger partial charge in [0.25, 0.3) is 0 Å². The predicted octanol–water partition coefficient (Wildman–Crippen LogP) is -0.0594. The molecule has 1 N–H and O–H groups in total. The molecule has 8 heavy (non-hydrogen) atoms. The Kier molecular flexibility index (Phi) is 3.86. The Morgan fingerprint density at radius 3 is 1.75 bits per heavy atom. The Morgan fingerprint density at radius 2 is 1.50 bits per heavy atom. The van der Waals surface area contributed by atoms with Gasteiger partial charge in [-0.05, 0) is 12.1 Å². The van der Waals surface area contributed by atoms with Gasteiger partial charge in [-0.2, -0.15) is 0 Å². The summed E-state index contributed by atoms with van der Waals surface area (Å²) in [5.41, 5.74) is 0. The Bertz CT molecular complexity index is 138. The maximum absolute atomic E-state index is 8.63. The summed E-state index contributed by atoms with van der Waals surface area (Å²) >= 11 is 0. The molecule has 0 radical (unpaired) electrons. The van der Waals surface area contributed by atoms with Crippen molar-refractivity contribution in [1.82, 2.24) is 0 Å².